The summed E-state index contributed by atoms with van der Waals surface area (Å²) in [5, 5.41) is 13.1. The standard InChI is InChI=1S/C17H25N7O2.HI/c1-4-18-17(20-11-16-21-12-22-24(16)3)19-8-9-26-15-7-5-6-14(10-15)23-13(2)25;/h5-7,10,12H,4,8-9,11H2,1-3H3,(H,23,25)(H2,18,19,20);1H. The van der Waals surface area contributed by atoms with E-state index in [1.165, 1.54) is 13.3 Å². The molecule has 27 heavy (non-hydrogen) atoms. The first-order valence-corrected chi connectivity index (χ1v) is 8.44. The van der Waals surface area contributed by atoms with Crippen LogP contribution >= 0.6 is 24.0 Å². The van der Waals surface area contributed by atoms with Crippen LogP contribution in [0.2, 0.25) is 0 Å². The van der Waals surface area contributed by atoms with Crippen molar-refractivity contribution in [1.29, 1.82) is 0 Å². The highest BCUT2D eigenvalue weighted by atomic mass is 127. The Bertz CT molecular complexity index is 748. The van der Waals surface area contributed by atoms with Gasteiger partial charge in [0.2, 0.25) is 5.91 Å². The molecule has 1 aromatic carbocycles. The Hall–Kier alpha value is -2.37. The quantitative estimate of drug-likeness (QED) is 0.226. The van der Waals surface area contributed by atoms with E-state index in [9.17, 15) is 4.79 Å². The third-order valence-electron chi connectivity index (χ3n) is 3.35. The van der Waals surface area contributed by atoms with Crippen molar-refractivity contribution in [3.63, 3.8) is 0 Å². The minimum absolute atomic E-state index is 0. The highest BCUT2D eigenvalue weighted by Gasteiger charge is 2.02. The second kappa shape index (κ2) is 12.1. The van der Waals surface area contributed by atoms with Gasteiger partial charge in [0.1, 0.15) is 31.1 Å². The summed E-state index contributed by atoms with van der Waals surface area (Å²) < 4.78 is 7.40. The molecule has 1 heterocycles. The number of aliphatic imine (C=N–C) groups is 1. The molecule has 1 aromatic heterocycles. The fourth-order valence-electron chi connectivity index (χ4n) is 2.16. The molecule has 2 rings (SSSR count). The van der Waals surface area contributed by atoms with Crippen LogP contribution < -0.4 is 20.7 Å². The van der Waals surface area contributed by atoms with Crippen LogP contribution in [0.15, 0.2) is 35.6 Å². The molecule has 0 aliphatic carbocycles. The zero-order valence-electron chi connectivity index (χ0n) is 15.7. The molecule has 0 aliphatic heterocycles. The Labute approximate surface area is 176 Å². The molecule has 2 aromatic rings. The average Bonchev–Trinajstić information content (AvgIpc) is 3.01. The Morgan fingerprint density at radius 1 is 1.33 bits per heavy atom. The number of ether oxygens (including phenoxy) is 1. The van der Waals surface area contributed by atoms with Crippen molar-refractivity contribution >= 4 is 41.5 Å². The van der Waals surface area contributed by atoms with E-state index in [0.717, 1.165) is 12.4 Å². The molecule has 0 saturated heterocycles. The third-order valence-corrected chi connectivity index (χ3v) is 3.35. The van der Waals surface area contributed by atoms with Gasteiger partial charge in [0.25, 0.3) is 0 Å². The number of carbonyl (C=O) groups excluding carboxylic acids is 1. The molecule has 3 N–H and O–H groups in total. The number of rotatable bonds is 8. The van der Waals surface area contributed by atoms with Crippen LogP contribution in [-0.2, 0) is 18.4 Å². The number of benzene rings is 1. The zero-order valence-corrected chi connectivity index (χ0v) is 18.1. The molecule has 10 heteroatoms. The molecule has 9 nitrogen and oxygen atoms in total. The highest BCUT2D eigenvalue weighted by Crippen LogP contribution is 2.16. The molecule has 0 radical (unpaired) electrons. The van der Waals surface area contributed by atoms with Crippen molar-refractivity contribution in [2.45, 2.75) is 20.4 Å². The van der Waals surface area contributed by atoms with Crippen LogP contribution in [0, 0.1) is 0 Å². The predicted molar refractivity (Wildman–Crippen MR) is 115 cm³/mol. The molecule has 0 saturated carbocycles. The number of amides is 1. The molecule has 0 unspecified atom stereocenters. The Morgan fingerprint density at radius 3 is 2.81 bits per heavy atom. The van der Waals surface area contributed by atoms with Crippen LogP contribution in [0.25, 0.3) is 0 Å². The van der Waals surface area contributed by atoms with Crippen molar-refractivity contribution in [3.05, 3.63) is 36.4 Å². The summed E-state index contributed by atoms with van der Waals surface area (Å²) in [5.41, 5.74) is 0.710. The Balaban J connectivity index is 0.00000364. The maximum Gasteiger partial charge on any atom is 0.221 e. The first-order valence-electron chi connectivity index (χ1n) is 8.44. The molecule has 0 aliphatic rings. The lowest BCUT2D eigenvalue weighted by Gasteiger charge is -2.12. The molecular formula is C17H26IN7O2. The van der Waals surface area contributed by atoms with Gasteiger partial charge in [-0.2, -0.15) is 5.10 Å². The molecule has 0 bridgehead atoms. The zero-order chi connectivity index (χ0) is 18.8. The smallest absolute Gasteiger partial charge is 0.221 e. The number of guanidine groups is 1. The van der Waals surface area contributed by atoms with Gasteiger partial charge >= 0.3 is 0 Å². The number of aromatic nitrogens is 3. The number of halogens is 1. The van der Waals surface area contributed by atoms with Gasteiger partial charge in [-0.15, -0.1) is 24.0 Å². The average molecular weight is 487 g/mol. The first-order chi connectivity index (χ1) is 12.6. The predicted octanol–water partition coefficient (Wildman–Crippen LogP) is 1.53. The van der Waals surface area contributed by atoms with Gasteiger partial charge in [-0.1, -0.05) is 6.07 Å². The lowest BCUT2D eigenvalue weighted by atomic mass is 10.3. The molecule has 0 spiro atoms. The summed E-state index contributed by atoms with van der Waals surface area (Å²) in [6.07, 6.45) is 1.51. The van der Waals surface area contributed by atoms with Crippen molar-refractivity contribution in [1.82, 2.24) is 25.4 Å². The van der Waals surface area contributed by atoms with E-state index in [4.69, 9.17) is 4.74 Å². The molecule has 1 amide bonds. The van der Waals surface area contributed by atoms with Gasteiger partial charge in [0.15, 0.2) is 5.96 Å². The number of nitrogens with one attached hydrogen (secondary N) is 3. The summed E-state index contributed by atoms with van der Waals surface area (Å²) in [6, 6.07) is 7.28. The monoisotopic (exact) mass is 487 g/mol. The lowest BCUT2D eigenvalue weighted by molar-refractivity contribution is -0.114. The summed E-state index contributed by atoms with van der Waals surface area (Å²) in [5.74, 6) is 2.05. The maximum atomic E-state index is 11.1. The van der Waals surface area contributed by atoms with Crippen molar-refractivity contribution in [2.24, 2.45) is 12.0 Å². The molecular weight excluding hydrogens is 461 g/mol. The van der Waals surface area contributed by atoms with E-state index in [2.05, 4.69) is 31.0 Å². The van der Waals surface area contributed by atoms with E-state index in [1.807, 2.05) is 32.2 Å². The fraction of sp³-hybridized carbons (Fsp3) is 0.412. The third kappa shape index (κ3) is 8.24. The first kappa shape index (κ1) is 22.7. The summed E-state index contributed by atoms with van der Waals surface area (Å²) in [4.78, 5) is 19.7. The number of anilines is 1. The summed E-state index contributed by atoms with van der Waals surface area (Å²) in [7, 11) is 1.83. The largest absolute Gasteiger partial charge is 0.492 e. The molecule has 148 valence electrons. The molecule has 0 fully saturated rings. The number of hydrogen-bond donors (Lipinski definition) is 3. The fourth-order valence-corrected chi connectivity index (χ4v) is 2.16. The van der Waals surface area contributed by atoms with Gasteiger partial charge in [-0.25, -0.2) is 9.98 Å². The van der Waals surface area contributed by atoms with E-state index < -0.39 is 0 Å². The molecule has 0 atom stereocenters. The van der Waals surface area contributed by atoms with E-state index >= 15 is 0 Å². The number of nitrogens with zero attached hydrogens (tertiary/aromatic N) is 4. The SMILES string of the molecule is CCNC(=NCc1ncnn1C)NCCOc1cccc(NC(C)=O)c1.I. The van der Waals surface area contributed by atoms with E-state index in [1.54, 1.807) is 10.7 Å². The normalized spacial score (nSPS) is 10.7. The van der Waals surface area contributed by atoms with Gasteiger partial charge < -0.3 is 20.7 Å². The minimum Gasteiger partial charge on any atom is -0.492 e. The van der Waals surface area contributed by atoms with Crippen molar-refractivity contribution < 1.29 is 9.53 Å². The van der Waals surface area contributed by atoms with Gasteiger partial charge in [0.05, 0.1) is 6.54 Å². The Morgan fingerprint density at radius 2 is 2.15 bits per heavy atom. The highest BCUT2D eigenvalue weighted by molar-refractivity contribution is 14.0. The van der Waals surface area contributed by atoms with Crippen LogP contribution in [0.1, 0.15) is 19.7 Å². The minimum atomic E-state index is -0.113. The number of hydrogen-bond acceptors (Lipinski definition) is 5. The van der Waals surface area contributed by atoms with Gasteiger partial charge in [-0.05, 0) is 19.1 Å². The van der Waals surface area contributed by atoms with Crippen LogP contribution in [0.5, 0.6) is 5.75 Å². The van der Waals surface area contributed by atoms with E-state index in [0.29, 0.717) is 37.1 Å². The maximum absolute atomic E-state index is 11.1. The number of aryl methyl sites for hydroxylation is 1. The topological polar surface area (TPSA) is 105 Å². The van der Waals surface area contributed by atoms with Crippen LogP contribution in [0.4, 0.5) is 5.69 Å². The van der Waals surface area contributed by atoms with E-state index in [-0.39, 0.29) is 29.9 Å². The summed E-state index contributed by atoms with van der Waals surface area (Å²) >= 11 is 0. The van der Waals surface area contributed by atoms with Crippen LogP contribution in [-0.4, -0.2) is 46.3 Å². The van der Waals surface area contributed by atoms with Crippen molar-refractivity contribution in [3.8, 4) is 5.75 Å². The van der Waals surface area contributed by atoms with Gasteiger partial charge in [-0.3, -0.25) is 9.48 Å². The van der Waals surface area contributed by atoms with Gasteiger partial charge in [0, 0.05) is 32.3 Å². The Kier molecular flexibility index (Phi) is 10.2. The second-order valence-corrected chi connectivity index (χ2v) is 5.48. The second-order valence-electron chi connectivity index (χ2n) is 5.48. The lowest BCUT2D eigenvalue weighted by Crippen LogP contribution is -2.39. The van der Waals surface area contributed by atoms with Crippen LogP contribution in [0.3, 0.4) is 0 Å². The van der Waals surface area contributed by atoms with Crippen molar-refractivity contribution in [2.75, 3.05) is 25.0 Å². The number of carbonyl (C=O) groups is 1. The summed E-state index contributed by atoms with van der Waals surface area (Å²) in [6.45, 7) is 5.70.